The van der Waals surface area contributed by atoms with Crippen LogP contribution in [0.3, 0.4) is 0 Å². The number of aryl methyl sites for hydroxylation is 2. The molecule has 0 aliphatic carbocycles. The van der Waals surface area contributed by atoms with Crippen LogP contribution in [0.2, 0.25) is 0 Å². The van der Waals surface area contributed by atoms with Crippen LogP contribution in [0.25, 0.3) is 0 Å². The first-order valence-corrected chi connectivity index (χ1v) is 7.49. The first kappa shape index (κ1) is 16.7. The van der Waals surface area contributed by atoms with E-state index < -0.39 is 0 Å². The predicted molar refractivity (Wildman–Crippen MR) is 88.2 cm³/mol. The summed E-state index contributed by atoms with van der Waals surface area (Å²) >= 11 is 0. The molecule has 0 fully saturated rings. The lowest BCUT2D eigenvalue weighted by Gasteiger charge is -2.09. The summed E-state index contributed by atoms with van der Waals surface area (Å²) in [5, 5.41) is 9.45. The first-order chi connectivity index (χ1) is 10.9. The van der Waals surface area contributed by atoms with Crippen LogP contribution in [0.15, 0.2) is 28.8 Å². The molecule has 1 aromatic carbocycles. The second-order valence-electron chi connectivity index (χ2n) is 5.75. The number of nitrogens with one attached hydrogen (secondary N) is 2. The lowest BCUT2D eigenvalue weighted by molar-refractivity contribution is -0.119. The Morgan fingerprint density at radius 3 is 2.13 bits per heavy atom. The molecular weight excluding hydrogens is 294 g/mol. The van der Waals surface area contributed by atoms with E-state index in [1.165, 1.54) is 0 Å². The van der Waals surface area contributed by atoms with Gasteiger partial charge in [0.05, 0.1) is 12.1 Å². The third-order valence-corrected chi connectivity index (χ3v) is 3.48. The Morgan fingerprint density at radius 1 is 1.09 bits per heavy atom. The van der Waals surface area contributed by atoms with Crippen LogP contribution in [0.1, 0.15) is 30.9 Å². The average Bonchev–Trinajstić information content (AvgIpc) is 2.81. The maximum absolute atomic E-state index is 12.1. The number of carbonyl (C=O) groups excluding carboxylic acids is 2. The minimum Gasteiger partial charge on any atom is -0.361 e. The summed E-state index contributed by atoms with van der Waals surface area (Å²) in [5.74, 6) is 0.396. The van der Waals surface area contributed by atoms with Gasteiger partial charge in [-0.1, -0.05) is 19.0 Å². The maximum Gasteiger partial charge on any atom is 0.228 e. The van der Waals surface area contributed by atoms with Gasteiger partial charge in [-0.05, 0) is 38.1 Å². The van der Waals surface area contributed by atoms with Gasteiger partial charge in [0.1, 0.15) is 5.76 Å². The van der Waals surface area contributed by atoms with Gasteiger partial charge in [0.15, 0.2) is 0 Å². The molecule has 0 spiro atoms. The Kier molecular flexibility index (Phi) is 5.16. The summed E-state index contributed by atoms with van der Waals surface area (Å²) in [4.78, 5) is 23.7. The first-order valence-electron chi connectivity index (χ1n) is 7.49. The van der Waals surface area contributed by atoms with Gasteiger partial charge in [-0.25, -0.2) is 0 Å². The number of anilines is 2. The highest BCUT2D eigenvalue weighted by atomic mass is 16.5. The summed E-state index contributed by atoms with van der Waals surface area (Å²) < 4.78 is 5.05. The number of hydrogen-bond acceptors (Lipinski definition) is 4. The third kappa shape index (κ3) is 4.42. The average molecular weight is 315 g/mol. The summed E-state index contributed by atoms with van der Waals surface area (Å²) in [7, 11) is 0. The molecule has 0 bridgehead atoms. The zero-order chi connectivity index (χ0) is 17.0. The van der Waals surface area contributed by atoms with Crippen LogP contribution in [-0.2, 0) is 16.0 Å². The summed E-state index contributed by atoms with van der Waals surface area (Å²) in [6.07, 6.45) is 0.215. The SMILES string of the molecule is Cc1noc(C)c1CC(=O)Nc1ccc(NC(=O)C(C)C)cc1. The number of amides is 2. The molecule has 6 nitrogen and oxygen atoms in total. The van der Waals surface area contributed by atoms with E-state index in [1.807, 2.05) is 20.8 Å². The molecule has 0 saturated heterocycles. The maximum atomic E-state index is 12.1. The molecule has 122 valence electrons. The molecule has 1 aromatic heterocycles. The molecule has 0 saturated carbocycles. The number of hydrogen-bond donors (Lipinski definition) is 2. The molecule has 0 aliphatic heterocycles. The van der Waals surface area contributed by atoms with Crippen molar-refractivity contribution in [3.8, 4) is 0 Å². The van der Waals surface area contributed by atoms with Crippen molar-refractivity contribution < 1.29 is 14.1 Å². The van der Waals surface area contributed by atoms with Gasteiger partial charge >= 0.3 is 0 Å². The van der Waals surface area contributed by atoms with Gasteiger partial charge < -0.3 is 15.2 Å². The highest BCUT2D eigenvalue weighted by Crippen LogP contribution is 2.17. The molecular formula is C17H21N3O3. The number of rotatable bonds is 5. The largest absolute Gasteiger partial charge is 0.361 e. The van der Waals surface area contributed by atoms with Gasteiger partial charge in [0, 0.05) is 22.9 Å². The van der Waals surface area contributed by atoms with Gasteiger partial charge in [-0.15, -0.1) is 0 Å². The number of aromatic nitrogens is 1. The minimum absolute atomic E-state index is 0.0415. The third-order valence-electron chi connectivity index (χ3n) is 3.48. The molecule has 6 heteroatoms. The zero-order valence-corrected chi connectivity index (χ0v) is 13.8. The Balaban J connectivity index is 1.95. The van der Waals surface area contributed by atoms with Crippen LogP contribution in [-0.4, -0.2) is 17.0 Å². The van der Waals surface area contributed by atoms with Crippen molar-refractivity contribution in [2.45, 2.75) is 34.1 Å². The van der Waals surface area contributed by atoms with E-state index in [9.17, 15) is 9.59 Å². The molecule has 0 unspecified atom stereocenters. The van der Waals surface area contributed by atoms with E-state index in [2.05, 4.69) is 15.8 Å². The second kappa shape index (κ2) is 7.09. The Bertz CT molecular complexity index is 683. The summed E-state index contributed by atoms with van der Waals surface area (Å²) in [6, 6.07) is 7.01. The fourth-order valence-electron chi connectivity index (χ4n) is 2.04. The Hall–Kier alpha value is -2.63. The van der Waals surface area contributed by atoms with Crippen molar-refractivity contribution in [1.82, 2.24) is 5.16 Å². The quantitative estimate of drug-likeness (QED) is 0.888. The molecule has 2 N–H and O–H groups in total. The van der Waals surface area contributed by atoms with Gasteiger partial charge in [-0.3, -0.25) is 9.59 Å². The molecule has 23 heavy (non-hydrogen) atoms. The smallest absolute Gasteiger partial charge is 0.228 e. The zero-order valence-electron chi connectivity index (χ0n) is 13.8. The van der Waals surface area contributed by atoms with E-state index in [4.69, 9.17) is 4.52 Å². The normalized spacial score (nSPS) is 10.7. The van der Waals surface area contributed by atoms with E-state index in [-0.39, 0.29) is 24.2 Å². The minimum atomic E-state index is -0.140. The van der Waals surface area contributed by atoms with Crippen LogP contribution in [0, 0.1) is 19.8 Å². The summed E-state index contributed by atoms with van der Waals surface area (Å²) in [6.45, 7) is 7.26. The fraction of sp³-hybridized carbons (Fsp3) is 0.353. The van der Waals surface area contributed by atoms with Crippen molar-refractivity contribution >= 4 is 23.2 Å². The van der Waals surface area contributed by atoms with Crippen molar-refractivity contribution in [3.63, 3.8) is 0 Å². The molecule has 2 amide bonds. The van der Waals surface area contributed by atoms with Crippen molar-refractivity contribution in [2.75, 3.05) is 10.6 Å². The highest BCUT2D eigenvalue weighted by molar-refractivity contribution is 5.94. The molecule has 2 aromatic rings. The standard InChI is InChI=1S/C17H21N3O3/c1-10(2)17(22)19-14-7-5-13(6-8-14)18-16(21)9-15-11(3)20-23-12(15)4/h5-8,10H,9H2,1-4H3,(H,18,21)(H,19,22). The van der Waals surface area contributed by atoms with Crippen LogP contribution in [0.5, 0.6) is 0 Å². The van der Waals surface area contributed by atoms with Crippen molar-refractivity contribution in [3.05, 3.63) is 41.3 Å². The number of carbonyl (C=O) groups is 2. The van der Waals surface area contributed by atoms with Crippen LogP contribution < -0.4 is 10.6 Å². The van der Waals surface area contributed by atoms with Gasteiger partial charge in [0.2, 0.25) is 11.8 Å². The number of benzene rings is 1. The van der Waals surface area contributed by atoms with Crippen LogP contribution >= 0.6 is 0 Å². The molecule has 0 aliphatic rings. The molecule has 2 rings (SSSR count). The fourth-order valence-corrected chi connectivity index (χ4v) is 2.04. The van der Waals surface area contributed by atoms with Gasteiger partial charge in [-0.2, -0.15) is 0 Å². The van der Waals surface area contributed by atoms with E-state index in [0.717, 1.165) is 11.3 Å². The topological polar surface area (TPSA) is 84.2 Å². The predicted octanol–water partition coefficient (Wildman–Crippen LogP) is 3.07. The molecule has 0 radical (unpaired) electrons. The highest BCUT2D eigenvalue weighted by Gasteiger charge is 2.13. The lowest BCUT2D eigenvalue weighted by atomic mass is 10.1. The molecule has 1 heterocycles. The van der Waals surface area contributed by atoms with Crippen molar-refractivity contribution in [1.29, 1.82) is 0 Å². The molecule has 0 atom stereocenters. The Labute approximate surface area is 135 Å². The second-order valence-corrected chi connectivity index (χ2v) is 5.75. The monoisotopic (exact) mass is 315 g/mol. The summed E-state index contributed by atoms with van der Waals surface area (Å²) in [5.41, 5.74) is 2.91. The van der Waals surface area contributed by atoms with E-state index in [0.29, 0.717) is 17.1 Å². The van der Waals surface area contributed by atoms with E-state index in [1.54, 1.807) is 31.2 Å². The van der Waals surface area contributed by atoms with E-state index >= 15 is 0 Å². The van der Waals surface area contributed by atoms with Crippen molar-refractivity contribution in [2.24, 2.45) is 5.92 Å². The number of nitrogens with zero attached hydrogens (tertiary/aromatic N) is 1. The van der Waals surface area contributed by atoms with Gasteiger partial charge in [0.25, 0.3) is 0 Å². The Morgan fingerprint density at radius 2 is 1.65 bits per heavy atom. The lowest BCUT2D eigenvalue weighted by Crippen LogP contribution is -2.18. The van der Waals surface area contributed by atoms with Crippen LogP contribution in [0.4, 0.5) is 11.4 Å².